The Morgan fingerprint density at radius 1 is 1.02 bits per heavy atom. The van der Waals surface area contributed by atoms with Crippen LogP contribution in [0.1, 0.15) is 60.4 Å². The van der Waals surface area contributed by atoms with Gasteiger partial charge in [-0.05, 0) is 71.7 Å². The van der Waals surface area contributed by atoms with E-state index in [9.17, 15) is 10.1 Å². The Morgan fingerprint density at radius 3 is 2.48 bits per heavy atom. The number of nitriles is 1. The third kappa shape index (κ3) is 5.44. The van der Waals surface area contributed by atoms with Crippen LogP contribution in [-0.2, 0) is 16.3 Å². The molecule has 0 spiro atoms. The lowest BCUT2D eigenvalue weighted by Gasteiger charge is -2.44. The molecule has 204 valence electrons. The molecule has 40 heavy (non-hydrogen) atoms. The number of aryl methyl sites for hydroxylation is 2. The van der Waals surface area contributed by atoms with Crippen molar-refractivity contribution in [2.75, 3.05) is 4.90 Å². The van der Waals surface area contributed by atoms with Gasteiger partial charge in [0.25, 0.3) is 0 Å². The number of carbonyl (C=O) groups excluding carboxylic acids is 1. The first-order valence-corrected chi connectivity index (χ1v) is 15.1. The predicted molar refractivity (Wildman–Crippen MR) is 166 cm³/mol. The van der Waals surface area contributed by atoms with Crippen molar-refractivity contribution in [2.24, 2.45) is 11.1 Å². The van der Waals surface area contributed by atoms with Gasteiger partial charge in [-0.3, -0.25) is 9.69 Å². The molecule has 0 radical (unpaired) electrons. The van der Waals surface area contributed by atoms with Crippen molar-refractivity contribution in [1.29, 1.82) is 5.26 Å². The second-order valence-electron chi connectivity index (χ2n) is 11.6. The van der Waals surface area contributed by atoms with Gasteiger partial charge in [-0.1, -0.05) is 74.0 Å². The van der Waals surface area contributed by atoms with Crippen LogP contribution in [0, 0.1) is 30.6 Å². The molecule has 1 unspecified atom stereocenters. The Morgan fingerprint density at radius 2 is 1.77 bits per heavy atom. The minimum Gasteiger partial charge on any atom is -0.384 e. The van der Waals surface area contributed by atoms with E-state index < -0.39 is 5.92 Å². The molecule has 0 fully saturated rings. The average Bonchev–Trinajstić information content (AvgIpc) is 2.89. The van der Waals surface area contributed by atoms with Gasteiger partial charge in [0.1, 0.15) is 5.82 Å². The number of carbonyl (C=O) groups is 1. The maximum absolute atomic E-state index is 13.9. The molecule has 0 saturated heterocycles. The topological polar surface area (TPSA) is 70.1 Å². The second-order valence-corrected chi connectivity index (χ2v) is 13.0. The number of benzene rings is 3. The molecule has 3 aromatic rings. The first-order valence-electron chi connectivity index (χ1n) is 13.5. The monoisotopic (exact) mass is 567 g/mol. The normalized spacial score (nSPS) is 18.6. The molecule has 1 aliphatic carbocycles. The molecule has 0 saturated carbocycles. The zero-order chi connectivity index (χ0) is 28.6. The number of allylic oxidation sites excluding steroid dienone is 3. The standard InChI is InChI=1S/C34H34ClN3OS/c1-21-13-22(2)27(14-24(21)20-40-19-23-9-6-5-7-10-23)31-28(18-36)33(37)38(26-12-8-11-25(35)15-26)29-16-34(3,4)17-30(39)32(29)31/h5-15,31H,16-17,19-20,37H2,1-4H3. The fraction of sp³-hybridized carbons (Fsp3) is 0.294. The van der Waals surface area contributed by atoms with Gasteiger partial charge in [0.05, 0.1) is 17.6 Å². The Bertz CT molecular complexity index is 1580. The Kier molecular flexibility index (Phi) is 7.86. The highest BCUT2D eigenvalue weighted by Crippen LogP contribution is 2.51. The first kappa shape index (κ1) is 28.1. The van der Waals surface area contributed by atoms with Gasteiger partial charge in [0.2, 0.25) is 0 Å². The molecule has 4 nitrogen and oxygen atoms in total. The summed E-state index contributed by atoms with van der Waals surface area (Å²) >= 11 is 8.23. The Labute approximate surface area is 246 Å². The second kappa shape index (κ2) is 11.2. The molecule has 0 amide bonds. The number of halogens is 1. The zero-order valence-electron chi connectivity index (χ0n) is 23.4. The molecule has 1 atom stereocenters. The van der Waals surface area contributed by atoms with E-state index in [1.54, 1.807) is 6.07 Å². The molecule has 1 aliphatic heterocycles. The maximum atomic E-state index is 13.9. The highest BCUT2D eigenvalue weighted by atomic mass is 35.5. The smallest absolute Gasteiger partial charge is 0.162 e. The predicted octanol–water partition coefficient (Wildman–Crippen LogP) is 8.33. The summed E-state index contributed by atoms with van der Waals surface area (Å²) in [7, 11) is 0. The van der Waals surface area contributed by atoms with Crippen LogP contribution < -0.4 is 10.6 Å². The molecule has 3 aromatic carbocycles. The summed E-state index contributed by atoms with van der Waals surface area (Å²) in [5.74, 6) is 1.68. The van der Waals surface area contributed by atoms with Crippen molar-refractivity contribution in [1.82, 2.24) is 0 Å². The fourth-order valence-corrected chi connectivity index (χ4v) is 7.21. The summed E-state index contributed by atoms with van der Waals surface area (Å²) in [5, 5.41) is 11.1. The van der Waals surface area contributed by atoms with Crippen LogP contribution in [-0.4, -0.2) is 5.78 Å². The lowest BCUT2D eigenvalue weighted by molar-refractivity contribution is -0.118. The Hall–Kier alpha value is -3.46. The van der Waals surface area contributed by atoms with Gasteiger partial charge in [-0.25, -0.2) is 0 Å². The number of hydrogen-bond acceptors (Lipinski definition) is 5. The van der Waals surface area contributed by atoms with Crippen LogP contribution in [0.3, 0.4) is 0 Å². The van der Waals surface area contributed by atoms with Gasteiger partial charge in [-0.2, -0.15) is 17.0 Å². The van der Waals surface area contributed by atoms with Crippen molar-refractivity contribution in [3.8, 4) is 6.07 Å². The van der Waals surface area contributed by atoms with Crippen LogP contribution in [0.2, 0.25) is 5.02 Å². The summed E-state index contributed by atoms with van der Waals surface area (Å²) in [4.78, 5) is 15.8. The molecule has 1 heterocycles. The summed E-state index contributed by atoms with van der Waals surface area (Å²) in [5.41, 5.74) is 15.1. The molecule has 2 aliphatic rings. The van der Waals surface area contributed by atoms with Crippen molar-refractivity contribution in [3.63, 3.8) is 0 Å². The lowest BCUT2D eigenvalue weighted by atomic mass is 9.68. The summed E-state index contributed by atoms with van der Waals surface area (Å²) < 4.78 is 0. The minimum atomic E-state index is -0.502. The molecule has 5 rings (SSSR count). The number of rotatable bonds is 6. The van der Waals surface area contributed by atoms with Crippen molar-refractivity contribution in [2.45, 2.75) is 58.0 Å². The highest BCUT2D eigenvalue weighted by molar-refractivity contribution is 7.97. The number of Topliss-reactive ketones (excluding diaryl/α,β-unsaturated/α-hetero) is 1. The largest absolute Gasteiger partial charge is 0.384 e. The number of anilines is 1. The van der Waals surface area contributed by atoms with E-state index in [-0.39, 0.29) is 11.2 Å². The van der Waals surface area contributed by atoms with Crippen LogP contribution in [0.4, 0.5) is 5.69 Å². The number of thioether (sulfide) groups is 1. The molecular weight excluding hydrogens is 534 g/mol. The quantitative estimate of drug-likeness (QED) is 0.324. The Balaban J connectivity index is 1.62. The number of nitrogens with zero attached hydrogens (tertiary/aromatic N) is 2. The zero-order valence-corrected chi connectivity index (χ0v) is 25.0. The first-order chi connectivity index (χ1) is 19.1. The number of hydrogen-bond donors (Lipinski definition) is 1. The van der Waals surface area contributed by atoms with Crippen LogP contribution in [0.25, 0.3) is 0 Å². The van der Waals surface area contributed by atoms with Crippen molar-refractivity contribution < 1.29 is 4.79 Å². The summed E-state index contributed by atoms with van der Waals surface area (Å²) in [6.07, 6.45) is 1.09. The van der Waals surface area contributed by atoms with Crippen LogP contribution >= 0.6 is 23.4 Å². The number of ketones is 1. The van der Waals surface area contributed by atoms with E-state index in [1.165, 1.54) is 16.7 Å². The van der Waals surface area contributed by atoms with E-state index in [0.29, 0.717) is 34.8 Å². The van der Waals surface area contributed by atoms with Gasteiger partial charge in [-0.15, -0.1) is 0 Å². The van der Waals surface area contributed by atoms with Gasteiger partial charge >= 0.3 is 0 Å². The van der Waals surface area contributed by atoms with Crippen LogP contribution in [0.5, 0.6) is 0 Å². The SMILES string of the molecule is Cc1cc(C)c(C2C(C#N)=C(N)N(c3cccc(Cl)c3)C3=C2C(=O)CC(C)(C)C3)cc1CSCc1ccccc1. The maximum Gasteiger partial charge on any atom is 0.162 e. The van der Waals surface area contributed by atoms with Crippen LogP contribution in [0.15, 0.2) is 89.4 Å². The molecule has 0 aromatic heterocycles. The number of nitrogens with two attached hydrogens (primary N) is 1. The summed E-state index contributed by atoms with van der Waals surface area (Å²) in [6, 6.07) is 24.7. The fourth-order valence-electron chi connectivity index (χ4n) is 5.97. The third-order valence-corrected chi connectivity index (χ3v) is 9.14. The molecule has 6 heteroatoms. The minimum absolute atomic E-state index is 0.0727. The van der Waals surface area contributed by atoms with E-state index >= 15 is 0 Å². The van der Waals surface area contributed by atoms with E-state index in [0.717, 1.165) is 34.0 Å². The molecule has 0 bridgehead atoms. The van der Waals surface area contributed by atoms with Crippen molar-refractivity contribution >= 4 is 34.8 Å². The van der Waals surface area contributed by atoms with Gasteiger partial charge in [0, 0.05) is 39.9 Å². The average molecular weight is 568 g/mol. The van der Waals surface area contributed by atoms with Crippen molar-refractivity contribution in [3.05, 3.63) is 122 Å². The van der Waals surface area contributed by atoms with E-state index in [1.807, 2.05) is 40.9 Å². The van der Waals surface area contributed by atoms with Gasteiger partial charge in [0.15, 0.2) is 5.78 Å². The van der Waals surface area contributed by atoms with Gasteiger partial charge < -0.3 is 5.73 Å². The molecular formula is C34H34ClN3OS. The molecule has 2 N–H and O–H groups in total. The summed E-state index contributed by atoms with van der Waals surface area (Å²) in [6.45, 7) is 8.41. The third-order valence-electron chi connectivity index (χ3n) is 7.85. The van der Waals surface area contributed by atoms with E-state index in [4.69, 9.17) is 17.3 Å². The highest BCUT2D eigenvalue weighted by Gasteiger charge is 2.45. The lowest BCUT2D eigenvalue weighted by Crippen LogP contribution is -2.42. The van der Waals surface area contributed by atoms with E-state index in [2.05, 4.69) is 70.2 Å².